The molecule has 2 unspecified atom stereocenters. The molecule has 1 N–H and O–H groups in total. The van der Waals surface area contributed by atoms with Crippen molar-refractivity contribution in [2.24, 2.45) is 5.92 Å². The molecule has 3 aliphatic rings. The largest absolute Gasteiger partial charge is 0.500 e. The van der Waals surface area contributed by atoms with Crippen molar-refractivity contribution < 1.29 is 14.3 Å². The van der Waals surface area contributed by atoms with Gasteiger partial charge in [-0.3, -0.25) is 19.8 Å². The number of amides is 2. The molecular formula is C16H22N2O3. The first kappa shape index (κ1) is 14.3. The molecule has 0 aromatic rings. The van der Waals surface area contributed by atoms with Crippen LogP contribution in [0.3, 0.4) is 0 Å². The zero-order chi connectivity index (χ0) is 15.0. The third-order valence-corrected chi connectivity index (χ3v) is 4.90. The first-order valence-corrected chi connectivity index (χ1v) is 7.71. The Morgan fingerprint density at radius 2 is 2.05 bits per heavy atom. The molecule has 0 aromatic heterocycles. The van der Waals surface area contributed by atoms with Gasteiger partial charge in [-0.1, -0.05) is 25.5 Å². The highest BCUT2D eigenvalue weighted by Gasteiger charge is 2.60. The molecule has 2 heterocycles. The van der Waals surface area contributed by atoms with Gasteiger partial charge in [-0.05, 0) is 37.9 Å². The Balaban J connectivity index is 2.09. The van der Waals surface area contributed by atoms with Crippen molar-refractivity contribution in [1.82, 2.24) is 10.2 Å². The van der Waals surface area contributed by atoms with E-state index in [2.05, 4.69) is 10.2 Å². The molecule has 2 saturated heterocycles. The van der Waals surface area contributed by atoms with E-state index >= 15 is 0 Å². The van der Waals surface area contributed by atoms with Crippen LogP contribution in [0.4, 0.5) is 0 Å². The Morgan fingerprint density at radius 1 is 1.33 bits per heavy atom. The minimum absolute atomic E-state index is 0.208. The second-order valence-electron chi connectivity index (χ2n) is 5.90. The number of rotatable bonds is 3. The molecule has 1 aliphatic carbocycles. The average Bonchev–Trinajstić information content (AvgIpc) is 2.79. The van der Waals surface area contributed by atoms with Gasteiger partial charge in [-0.15, -0.1) is 0 Å². The summed E-state index contributed by atoms with van der Waals surface area (Å²) in [5.74, 6) is -0.347. The normalized spacial score (nSPS) is 33.1. The minimum Gasteiger partial charge on any atom is -0.500 e. The maximum atomic E-state index is 12.6. The van der Waals surface area contributed by atoms with Crippen molar-refractivity contribution in [2.45, 2.75) is 38.1 Å². The van der Waals surface area contributed by atoms with E-state index in [9.17, 15) is 9.59 Å². The summed E-state index contributed by atoms with van der Waals surface area (Å²) in [5, 5.41) is 2.52. The molecule has 2 amide bonds. The molecule has 3 rings (SSSR count). The van der Waals surface area contributed by atoms with Gasteiger partial charge in [0.2, 0.25) is 5.91 Å². The number of carbonyl (C=O) groups is 2. The van der Waals surface area contributed by atoms with Crippen LogP contribution in [-0.4, -0.2) is 42.5 Å². The summed E-state index contributed by atoms with van der Waals surface area (Å²) in [6.45, 7) is 3.72. The van der Waals surface area contributed by atoms with Gasteiger partial charge < -0.3 is 4.74 Å². The SMILES string of the molecule is CCC1=C(OC)C2C(=O)NC(=O)C2(N2CCCCC2)C=C1. The van der Waals surface area contributed by atoms with Gasteiger partial charge in [-0.25, -0.2) is 0 Å². The van der Waals surface area contributed by atoms with Crippen molar-refractivity contribution in [3.63, 3.8) is 0 Å². The minimum atomic E-state index is -0.887. The number of hydrogen-bond acceptors (Lipinski definition) is 4. The number of nitrogens with one attached hydrogen (secondary N) is 1. The van der Waals surface area contributed by atoms with Crippen LogP contribution in [0, 0.1) is 5.92 Å². The number of methoxy groups -OCH3 is 1. The van der Waals surface area contributed by atoms with Gasteiger partial charge in [-0.2, -0.15) is 0 Å². The van der Waals surface area contributed by atoms with Crippen LogP contribution in [0.25, 0.3) is 0 Å². The molecule has 0 aromatic carbocycles. The highest BCUT2D eigenvalue weighted by molar-refractivity contribution is 6.12. The number of fused-ring (bicyclic) bond motifs is 1. The van der Waals surface area contributed by atoms with Crippen molar-refractivity contribution in [2.75, 3.05) is 20.2 Å². The standard InChI is InChI=1S/C16H22N2O3/c1-3-11-7-8-16(18-9-5-4-6-10-18)12(13(11)21-2)14(19)17-15(16)20/h7-8,12H,3-6,9-10H2,1-2H3,(H,17,19,20). The molecule has 0 saturated carbocycles. The summed E-state index contributed by atoms with van der Waals surface area (Å²) in [4.78, 5) is 27.1. The average molecular weight is 290 g/mol. The zero-order valence-corrected chi connectivity index (χ0v) is 12.6. The summed E-state index contributed by atoms with van der Waals surface area (Å²) in [6, 6.07) is 0. The van der Waals surface area contributed by atoms with Crippen LogP contribution in [0.2, 0.25) is 0 Å². The second kappa shape index (κ2) is 5.30. The fourth-order valence-electron chi connectivity index (χ4n) is 3.84. The summed E-state index contributed by atoms with van der Waals surface area (Å²) < 4.78 is 5.53. The van der Waals surface area contributed by atoms with Crippen LogP contribution in [0.1, 0.15) is 32.6 Å². The lowest BCUT2D eigenvalue weighted by Gasteiger charge is -2.44. The molecule has 2 aliphatic heterocycles. The lowest BCUT2D eigenvalue weighted by Crippen LogP contribution is -2.59. The number of ether oxygens (including phenoxy) is 1. The van der Waals surface area contributed by atoms with E-state index in [1.165, 1.54) is 6.42 Å². The molecule has 2 fully saturated rings. The smallest absolute Gasteiger partial charge is 0.252 e. The molecule has 0 bridgehead atoms. The topological polar surface area (TPSA) is 58.6 Å². The third-order valence-electron chi connectivity index (χ3n) is 4.90. The first-order valence-electron chi connectivity index (χ1n) is 7.71. The lowest BCUT2D eigenvalue weighted by atomic mass is 9.76. The lowest BCUT2D eigenvalue weighted by molar-refractivity contribution is -0.129. The Bertz CT molecular complexity index is 532. The summed E-state index contributed by atoms with van der Waals surface area (Å²) in [5.41, 5.74) is 0.113. The van der Waals surface area contributed by atoms with E-state index in [0.29, 0.717) is 5.76 Å². The van der Waals surface area contributed by atoms with Crippen LogP contribution in [0.5, 0.6) is 0 Å². The highest BCUT2D eigenvalue weighted by Crippen LogP contribution is 2.43. The van der Waals surface area contributed by atoms with Gasteiger partial charge in [0.1, 0.15) is 17.2 Å². The first-order chi connectivity index (χ1) is 10.1. The highest BCUT2D eigenvalue weighted by atomic mass is 16.5. The van der Waals surface area contributed by atoms with Gasteiger partial charge in [0.15, 0.2) is 0 Å². The van der Waals surface area contributed by atoms with Crippen molar-refractivity contribution >= 4 is 11.8 Å². The number of hydrogen-bond donors (Lipinski definition) is 1. The molecule has 5 heteroatoms. The number of piperidine rings is 1. The fourth-order valence-corrected chi connectivity index (χ4v) is 3.84. The number of nitrogens with zero attached hydrogens (tertiary/aromatic N) is 1. The van der Waals surface area contributed by atoms with Gasteiger partial charge in [0.25, 0.3) is 5.91 Å². The number of likely N-dealkylation sites (tertiary alicyclic amines) is 1. The van der Waals surface area contributed by atoms with E-state index in [1.54, 1.807) is 7.11 Å². The number of imide groups is 1. The predicted octanol–water partition coefficient (Wildman–Crippen LogP) is 1.36. The van der Waals surface area contributed by atoms with Gasteiger partial charge in [0.05, 0.1) is 7.11 Å². The van der Waals surface area contributed by atoms with Crippen LogP contribution in [-0.2, 0) is 14.3 Å². The van der Waals surface area contributed by atoms with Crippen LogP contribution in [0.15, 0.2) is 23.5 Å². The van der Waals surface area contributed by atoms with Gasteiger partial charge >= 0.3 is 0 Å². The predicted molar refractivity (Wildman–Crippen MR) is 78.3 cm³/mol. The molecule has 0 radical (unpaired) electrons. The van der Waals surface area contributed by atoms with Crippen molar-refractivity contribution in [3.8, 4) is 0 Å². The second-order valence-corrected chi connectivity index (χ2v) is 5.90. The quantitative estimate of drug-likeness (QED) is 0.798. The number of carbonyl (C=O) groups excluding carboxylic acids is 2. The van der Waals surface area contributed by atoms with Crippen molar-refractivity contribution in [1.29, 1.82) is 0 Å². The van der Waals surface area contributed by atoms with E-state index < -0.39 is 11.5 Å². The van der Waals surface area contributed by atoms with Crippen LogP contribution < -0.4 is 5.32 Å². The van der Waals surface area contributed by atoms with E-state index in [4.69, 9.17) is 4.74 Å². The molecule has 5 nitrogen and oxygen atoms in total. The zero-order valence-electron chi connectivity index (χ0n) is 12.6. The summed E-state index contributed by atoms with van der Waals surface area (Å²) in [7, 11) is 1.58. The van der Waals surface area contributed by atoms with E-state index in [0.717, 1.165) is 37.9 Å². The maximum Gasteiger partial charge on any atom is 0.252 e. The molecule has 2 atom stereocenters. The Morgan fingerprint density at radius 3 is 2.67 bits per heavy atom. The summed E-state index contributed by atoms with van der Waals surface area (Å²) >= 11 is 0. The van der Waals surface area contributed by atoms with E-state index in [1.807, 2.05) is 19.1 Å². The molecule has 0 spiro atoms. The maximum absolute atomic E-state index is 12.6. The monoisotopic (exact) mass is 290 g/mol. The Labute approximate surface area is 125 Å². The fraction of sp³-hybridized carbons (Fsp3) is 0.625. The van der Waals surface area contributed by atoms with Crippen LogP contribution >= 0.6 is 0 Å². The Kier molecular flexibility index (Phi) is 3.61. The Hall–Kier alpha value is -1.62. The molecule has 21 heavy (non-hydrogen) atoms. The van der Waals surface area contributed by atoms with Gasteiger partial charge in [0, 0.05) is 0 Å². The molecule has 114 valence electrons. The van der Waals surface area contributed by atoms with E-state index in [-0.39, 0.29) is 11.8 Å². The van der Waals surface area contributed by atoms with Crippen molar-refractivity contribution in [3.05, 3.63) is 23.5 Å². The summed E-state index contributed by atoms with van der Waals surface area (Å²) in [6.07, 6.45) is 7.98. The number of allylic oxidation sites excluding steroid dienone is 2. The third kappa shape index (κ3) is 1.94. The molecular weight excluding hydrogens is 268 g/mol.